The molecule has 0 saturated carbocycles. The molecule has 82 valence electrons. The Morgan fingerprint density at radius 3 is 3.07 bits per heavy atom. The SMILES string of the molecule is CC(CSCc1ccncc1Cl)C(=O)O. The molecule has 1 rings (SSSR count). The fourth-order valence-electron chi connectivity index (χ4n) is 0.938. The van der Waals surface area contributed by atoms with Gasteiger partial charge >= 0.3 is 5.97 Å². The van der Waals surface area contributed by atoms with Crippen LogP contribution in [0.15, 0.2) is 18.5 Å². The highest BCUT2D eigenvalue weighted by Gasteiger charge is 2.10. The molecule has 15 heavy (non-hydrogen) atoms. The molecule has 0 saturated heterocycles. The van der Waals surface area contributed by atoms with Gasteiger partial charge in [-0.25, -0.2) is 0 Å². The first-order chi connectivity index (χ1) is 7.11. The lowest BCUT2D eigenvalue weighted by Crippen LogP contribution is -2.11. The fourth-order valence-corrected chi connectivity index (χ4v) is 2.29. The normalized spacial score (nSPS) is 12.4. The number of hydrogen-bond donors (Lipinski definition) is 1. The molecule has 1 aromatic rings. The van der Waals surface area contributed by atoms with Crippen molar-refractivity contribution in [2.45, 2.75) is 12.7 Å². The van der Waals surface area contributed by atoms with E-state index in [1.165, 1.54) is 0 Å². The Kier molecular flexibility index (Phi) is 4.91. The highest BCUT2D eigenvalue weighted by Crippen LogP contribution is 2.21. The molecule has 0 aliphatic carbocycles. The van der Waals surface area contributed by atoms with Crippen LogP contribution in [0.1, 0.15) is 12.5 Å². The molecule has 1 atom stereocenters. The number of halogens is 1. The van der Waals surface area contributed by atoms with E-state index in [1.807, 2.05) is 6.07 Å². The molecule has 0 aromatic carbocycles. The number of nitrogens with zero attached hydrogens (tertiary/aromatic N) is 1. The minimum Gasteiger partial charge on any atom is -0.481 e. The minimum absolute atomic E-state index is 0.324. The highest BCUT2D eigenvalue weighted by atomic mass is 35.5. The third-order valence-corrected chi connectivity index (χ3v) is 3.49. The molecule has 1 heterocycles. The summed E-state index contributed by atoms with van der Waals surface area (Å²) < 4.78 is 0. The number of carbonyl (C=O) groups is 1. The zero-order valence-corrected chi connectivity index (χ0v) is 9.88. The Balaban J connectivity index is 2.38. The first kappa shape index (κ1) is 12.3. The third kappa shape index (κ3) is 4.10. The van der Waals surface area contributed by atoms with Gasteiger partial charge in [-0.3, -0.25) is 9.78 Å². The second-order valence-electron chi connectivity index (χ2n) is 3.22. The van der Waals surface area contributed by atoms with Crippen LogP contribution in [0.4, 0.5) is 0 Å². The zero-order chi connectivity index (χ0) is 11.3. The summed E-state index contributed by atoms with van der Waals surface area (Å²) in [6.07, 6.45) is 3.28. The van der Waals surface area contributed by atoms with Gasteiger partial charge in [0, 0.05) is 23.9 Å². The van der Waals surface area contributed by atoms with Gasteiger partial charge in [-0.1, -0.05) is 18.5 Å². The Morgan fingerprint density at radius 2 is 2.47 bits per heavy atom. The van der Waals surface area contributed by atoms with Crippen LogP contribution >= 0.6 is 23.4 Å². The standard InChI is InChI=1S/C10H12ClNO2S/c1-7(10(13)14)5-15-6-8-2-3-12-4-9(8)11/h2-4,7H,5-6H2,1H3,(H,13,14). The largest absolute Gasteiger partial charge is 0.481 e. The van der Waals surface area contributed by atoms with Gasteiger partial charge in [0.05, 0.1) is 10.9 Å². The Morgan fingerprint density at radius 1 is 1.73 bits per heavy atom. The van der Waals surface area contributed by atoms with E-state index in [9.17, 15) is 4.79 Å². The summed E-state index contributed by atoms with van der Waals surface area (Å²) in [6.45, 7) is 1.70. The van der Waals surface area contributed by atoms with Crippen molar-refractivity contribution in [2.75, 3.05) is 5.75 Å². The topological polar surface area (TPSA) is 50.2 Å². The molecule has 1 N–H and O–H groups in total. The summed E-state index contributed by atoms with van der Waals surface area (Å²) in [5.74, 6) is 0.228. The van der Waals surface area contributed by atoms with Gasteiger partial charge in [-0.05, 0) is 11.6 Å². The van der Waals surface area contributed by atoms with Gasteiger partial charge < -0.3 is 5.11 Å². The van der Waals surface area contributed by atoms with Crippen LogP contribution in [0.5, 0.6) is 0 Å². The van der Waals surface area contributed by atoms with Crippen LogP contribution < -0.4 is 0 Å². The van der Waals surface area contributed by atoms with Gasteiger partial charge in [0.25, 0.3) is 0 Å². The average molecular weight is 246 g/mol. The summed E-state index contributed by atoms with van der Waals surface area (Å²) in [6, 6.07) is 1.85. The van der Waals surface area contributed by atoms with Crippen molar-refractivity contribution in [2.24, 2.45) is 5.92 Å². The van der Waals surface area contributed by atoms with E-state index in [2.05, 4.69) is 4.98 Å². The summed E-state index contributed by atoms with van der Waals surface area (Å²) in [4.78, 5) is 14.4. The highest BCUT2D eigenvalue weighted by molar-refractivity contribution is 7.98. The van der Waals surface area contributed by atoms with Crippen molar-refractivity contribution < 1.29 is 9.90 Å². The Labute approximate surface area is 97.9 Å². The van der Waals surface area contributed by atoms with Gasteiger partial charge in [-0.15, -0.1) is 0 Å². The fraction of sp³-hybridized carbons (Fsp3) is 0.400. The van der Waals surface area contributed by atoms with Crippen molar-refractivity contribution in [1.82, 2.24) is 4.98 Å². The average Bonchev–Trinajstić information content (AvgIpc) is 2.20. The number of aromatic nitrogens is 1. The molecule has 0 fully saturated rings. The van der Waals surface area contributed by atoms with E-state index in [0.29, 0.717) is 10.8 Å². The van der Waals surface area contributed by atoms with Crippen molar-refractivity contribution >= 4 is 29.3 Å². The number of rotatable bonds is 5. The van der Waals surface area contributed by atoms with Gasteiger partial charge in [0.15, 0.2) is 0 Å². The summed E-state index contributed by atoms with van der Waals surface area (Å²) in [5, 5.41) is 9.32. The number of hydrogen-bond acceptors (Lipinski definition) is 3. The second-order valence-corrected chi connectivity index (χ2v) is 4.66. The quantitative estimate of drug-likeness (QED) is 0.867. The summed E-state index contributed by atoms with van der Waals surface area (Å²) >= 11 is 7.47. The number of carboxylic acid groups (broad SMARTS) is 1. The lowest BCUT2D eigenvalue weighted by Gasteiger charge is -2.06. The predicted octanol–water partition coefficient (Wildman–Crippen LogP) is 2.69. The lowest BCUT2D eigenvalue weighted by molar-refractivity contribution is -0.140. The third-order valence-electron chi connectivity index (χ3n) is 1.90. The van der Waals surface area contributed by atoms with Gasteiger partial charge in [-0.2, -0.15) is 11.8 Å². The van der Waals surface area contributed by atoms with Crippen LogP contribution in [-0.2, 0) is 10.5 Å². The summed E-state index contributed by atoms with van der Waals surface area (Å²) in [7, 11) is 0. The zero-order valence-electron chi connectivity index (χ0n) is 8.31. The number of aliphatic carboxylic acids is 1. The number of pyridine rings is 1. The molecule has 0 bridgehead atoms. The van der Waals surface area contributed by atoms with Crippen molar-refractivity contribution in [3.05, 3.63) is 29.0 Å². The molecule has 5 heteroatoms. The molecule has 0 aliphatic heterocycles. The molecule has 0 aliphatic rings. The molecule has 0 spiro atoms. The van der Waals surface area contributed by atoms with Crippen molar-refractivity contribution in [3.8, 4) is 0 Å². The monoisotopic (exact) mass is 245 g/mol. The molecule has 0 radical (unpaired) electrons. The van der Waals surface area contributed by atoms with Crippen LogP contribution in [-0.4, -0.2) is 21.8 Å². The van der Waals surface area contributed by atoms with E-state index in [0.717, 1.165) is 11.3 Å². The van der Waals surface area contributed by atoms with E-state index in [-0.39, 0.29) is 5.92 Å². The van der Waals surface area contributed by atoms with E-state index >= 15 is 0 Å². The first-order valence-corrected chi connectivity index (χ1v) is 6.03. The predicted molar refractivity (Wildman–Crippen MR) is 62.2 cm³/mol. The number of thioether (sulfide) groups is 1. The minimum atomic E-state index is -0.761. The Hall–Kier alpha value is -0.740. The van der Waals surface area contributed by atoms with Crippen LogP contribution in [0, 0.1) is 5.92 Å². The van der Waals surface area contributed by atoms with Crippen molar-refractivity contribution in [3.63, 3.8) is 0 Å². The van der Waals surface area contributed by atoms with Crippen LogP contribution in [0.25, 0.3) is 0 Å². The Bertz CT molecular complexity index is 346. The van der Waals surface area contributed by atoms with Crippen molar-refractivity contribution in [1.29, 1.82) is 0 Å². The smallest absolute Gasteiger partial charge is 0.307 e. The molecular weight excluding hydrogens is 234 g/mol. The van der Waals surface area contributed by atoms with Gasteiger partial charge in [0.2, 0.25) is 0 Å². The maximum Gasteiger partial charge on any atom is 0.307 e. The molecule has 3 nitrogen and oxygen atoms in total. The maximum absolute atomic E-state index is 10.6. The second kappa shape index (κ2) is 5.98. The number of carboxylic acids is 1. The van der Waals surface area contributed by atoms with E-state index in [1.54, 1.807) is 31.1 Å². The molecule has 1 aromatic heterocycles. The molecule has 0 amide bonds. The van der Waals surface area contributed by atoms with E-state index in [4.69, 9.17) is 16.7 Å². The first-order valence-electron chi connectivity index (χ1n) is 4.50. The lowest BCUT2D eigenvalue weighted by atomic mass is 10.2. The van der Waals surface area contributed by atoms with Gasteiger partial charge in [0.1, 0.15) is 0 Å². The van der Waals surface area contributed by atoms with Crippen LogP contribution in [0.3, 0.4) is 0 Å². The van der Waals surface area contributed by atoms with E-state index < -0.39 is 5.97 Å². The van der Waals surface area contributed by atoms with Crippen LogP contribution in [0.2, 0.25) is 5.02 Å². The maximum atomic E-state index is 10.6. The molecule has 1 unspecified atom stereocenters. The summed E-state index contributed by atoms with van der Waals surface area (Å²) in [5.41, 5.74) is 0.995. The molecular formula is C10H12ClNO2S.